The highest BCUT2D eigenvalue weighted by atomic mass is 16.5. The van der Waals surface area contributed by atoms with Gasteiger partial charge in [-0.25, -0.2) is 0 Å². The summed E-state index contributed by atoms with van der Waals surface area (Å²) in [5.41, 5.74) is 7.95. The zero-order chi connectivity index (χ0) is 30.4. The topological polar surface area (TPSA) is 125 Å². The Bertz CT molecular complexity index is 1730. The maximum absolute atomic E-state index is 12.9. The number of hydrogen-bond acceptors (Lipinski definition) is 8. The molecule has 3 aromatic carbocycles. The number of carbonyl (C=O) groups is 2. The van der Waals surface area contributed by atoms with Gasteiger partial charge < -0.3 is 30.3 Å². The van der Waals surface area contributed by atoms with Crippen LogP contribution in [0.4, 0.5) is 5.82 Å². The molecule has 7 rings (SSSR count). The highest BCUT2D eigenvalue weighted by molar-refractivity contribution is 6.01. The van der Waals surface area contributed by atoms with E-state index in [1.165, 1.54) is 0 Å². The lowest BCUT2D eigenvalue weighted by molar-refractivity contribution is -0.134. The Balaban J connectivity index is 1.26. The van der Waals surface area contributed by atoms with Crippen LogP contribution < -0.4 is 15.4 Å². The number of rotatable bonds is 8. The van der Waals surface area contributed by atoms with Gasteiger partial charge in [-0.3, -0.25) is 9.59 Å². The van der Waals surface area contributed by atoms with Gasteiger partial charge in [0.25, 0.3) is 0 Å². The summed E-state index contributed by atoms with van der Waals surface area (Å²) in [4.78, 5) is 40.7. The fourth-order valence-electron chi connectivity index (χ4n) is 7.26. The summed E-state index contributed by atoms with van der Waals surface area (Å²) in [6.07, 6.45) is 4.35. The number of primary amides is 1. The van der Waals surface area contributed by atoms with Crippen molar-refractivity contribution in [3.8, 4) is 22.9 Å². The van der Waals surface area contributed by atoms with Gasteiger partial charge in [0, 0.05) is 49.4 Å². The van der Waals surface area contributed by atoms with E-state index < -0.39 is 5.91 Å². The van der Waals surface area contributed by atoms with Gasteiger partial charge in [-0.05, 0) is 85.4 Å². The molecule has 3 aliphatic heterocycles. The van der Waals surface area contributed by atoms with Gasteiger partial charge in [0.15, 0.2) is 0 Å². The van der Waals surface area contributed by atoms with Crippen molar-refractivity contribution in [2.45, 2.75) is 56.7 Å². The number of carbonyl (C=O) groups excluding carboxylic acids is 2. The molecule has 44 heavy (non-hydrogen) atoms. The van der Waals surface area contributed by atoms with Crippen LogP contribution in [0.3, 0.4) is 0 Å². The quantitative estimate of drug-likeness (QED) is 0.313. The average molecular weight is 595 g/mol. The van der Waals surface area contributed by atoms with Gasteiger partial charge in [0.1, 0.15) is 18.2 Å². The van der Waals surface area contributed by atoms with Crippen molar-refractivity contribution in [1.29, 1.82) is 0 Å². The number of ether oxygens (including phenoxy) is 1. The number of fused-ring (bicyclic) bond motifs is 4. The zero-order valence-electron chi connectivity index (χ0n) is 25.0. The van der Waals surface area contributed by atoms with Crippen LogP contribution in [0.15, 0.2) is 54.6 Å². The molecule has 2 bridgehead atoms. The van der Waals surface area contributed by atoms with Gasteiger partial charge in [-0.2, -0.15) is 9.97 Å². The van der Waals surface area contributed by atoms with Gasteiger partial charge in [-0.15, -0.1) is 0 Å². The van der Waals surface area contributed by atoms with E-state index in [9.17, 15) is 14.7 Å². The SMILES string of the molecule is CN1CCC[C@H]1COc1nc(N2C3CCC2CN(C(=O)CCC(N)=O)C3)c2ccc(-c3cc(O)cc4ccccc34)cc2n1. The monoisotopic (exact) mass is 594 g/mol. The number of likely N-dealkylation sites (N-methyl/N-ethyl adjacent to an activating group) is 1. The second kappa shape index (κ2) is 11.6. The average Bonchev–Trinajstić information content (AvgIpc) is 3.55. The Labute approximate surface area is 256 Å². The van der Waals surface area contributed by atoms with Crippen molar-refractivity contribution < 1.29 is 19.4 Å². The number of anilines is 1. The largest absolute Gasteiger partial charge is 0.508 e. The van der Waals surface area contributed by atoms with Crippen LogP contribution in [0, 0.1) is 0 Å². The molecule has 3 fully saturated rings. The van der Waals surface area contributed by atoms with Crippen LogP contribution in [0.5, 0.6) is 11.8 Å². The number of hydrogen-bond donors (Lipinski definition) is 2. The molecule has 1 aromatic heterocycles. The van der Waals surface area contributed by atoms with E-state index in [1.807, 2.05) is 23.1 Å². The molecule has 0 spiro atoms. The van der Waals surface area contributed by atoms with E-state index in [1.54, 1.807) is 12.1 Å². The van der Waals surface area contributed by atoms with Crippen molar-refractivity contribution in [2.24, 2.45) is 5.73 Å². The third-order valence-corrected chi connectivity index (χ3v) is 9.55. The van der Waals surface area contributed by atoms with E-state index in [2.05, 4.69) is 41.1 Å². The van der Waals surface area contributed by atoms with E-state index in [0.717, 1.165) is 70.8 Å². The molecule has 0 radical (unpaired) electrons. The third kappa shape index (κ3) is 5.38. The number of phenolic OH excluding ortho intramolecular Hbond substituents is 1. The summed E-state index contributed by atoms with van der Waals surface area (Å²) in [5, 5.41) is 13.5. The zero-order valence-corrected chi connectivity index (χ0v) is 25.0. The first-order valence-corrected chi connectivity index (χ1v) is 15.6. The smallest absolute Gasteiger partial charge is 0.319 e. The molecule has 2 amide bonds. The van der Waals surface area contributed by atoms with Crippen molar-refractivity contribution in [1.82, 2.24) is 19.8 Å². The molecule has 4 aromatic rings. The van der Waals surface area contributed by atoms with Gasteiger partial charge in [0.05, 0.1) is 5.52 Å². The molecule has 228 valence electrons. The van der Waals surface area contributed by atoms with Crippen LogP contribution >= 0.6 is 0 Å². The highest BCUT2D eigenvalue weighted by Gasteiger charge is 2.43. The highest BCUT2D eigenvalue weighted by Crippen LogP contribution is 2.40. The number of nitrogens with zero attached hydrogens (tertiary/aromatic N) is 5. The van der Waals surface area contributed by atoms with Crippen molar-refractivity contribution >= 4 is 39.3 Å². The normalized spacial score (nSPS) is 21.8. The summed E-state index contributed by atoms with van der Waals surface area (Å²) in [7, 11) is 2.13. The summed E-state index contributed by atoms with van der Waals surface area (Å²) in [6, 6.07) is 18.7. The van der Waals surface area contributed by atoms with E-state index in [-0.39, 0.29) is 36.6 Å². The van der Waals surface area contributed by atoms with Crippen molar-refractivity contribution in [3.05, 3.63) is 54.6 Å². The second-order valence-corrected chi connectivity index (χ2v) is 12.4. The maximum atomic E-state index is 12.9. The Morgan fingerprint density at radius 1 is 0.977 bits per heavy atom. The molecule has 3 atom stereocenters. The lowest BCUT2D eigenvalue weighted by Gasteiger charge is -2.42. The number of likely N-dealkylation sites (tertiary alicyclic amines) is 2. The molecular weight excluding hydrogens is 556 g/mol. The first-order valence-electron chi connectivity index (χ1n) is 15.6. The lowest BCUT2D eigenvalue weighted by Crippen LogP contribution is -2.55. The predicted octanol–water partition coefficient (Wildman–Crippen LogP) is 4.07. The number of aromatic hydroxyl groups is 1. The third-order valence-electron chi connectivity index (χ3n) is 9.55. The summed E-state index contributed by atoms with van der Waals surface area (Å²) in [5.74, 6) is 0.558. The number of aromatic nitrogens is 2. The molecule has 3 N–H and O–H groups in total. The minimum absolute atomic E-state index is 0.0272. The minimum atomic E-state index is -0.457. The van der Waals surface area contributed by atoms with Gasteiger partial charge >= 0.3 is 6.01 Å². The Hall–Kier alpha value is -4.44. The fraction of sp³-hybridized carbons (Fsp3) is 0.412. The van der Waals surface area contributed by atoms with E-state index >= 15 is 0 Å². The van der Waals surface area contributed by atoms with Crippen molar-refractivity contribution in [2.75, 3.05) is 38.2 Å². The van der Waals surface area contributed by atoms with E-state index in [0.29, 0.717) is 31.7 Å². The standard InChI is InChI=1S/C34H38N6O4/c1-38-14-4-6-25(38)20-44-34-36-30-16-22(29-17-26(41)15-21-5-2-3-7-27(21)29)8-11-28(30)33(37-34)40-23-9-10-24(40)19-39(18-23)32(43)13-12-31(35)42/h2-3,5,7-8,11,15-17,23-25,41H,4,6,9-10,12-14,18-20H2,1H3,(H2,35,42)/t23?,24?,25-/m0/s1. The van der Waals surface area contributed by atoms with Gasteiger partial charge in [0.2, 0.25) is 11.8 Å². The minimum Gasteiger partial charge on any atom is -0.508 e. The molecule has 0 saturated carbocycles. The molecule has 2 unspecified atom stereocenters. The van der Waals surface area contributed by atoms with Gasteiger partial charge in [-0.1, -0.05) is 30.3 Å². The summed E-state index contributed by atoms with van der Waals surface area (Å²) in [6.45, 7) is 2.74. The fourth-order valence-corrected chi connectivity index (χ4v) is 7.26. The molecule has 4 heterocycles. The predicted molar refractivity (Wildman–Crippen MR) is 170 cm³/mol. The van der Waals surface area contributed by atoms with Crippen LogP contribution in [0.25, 0.3) is 32.8 Å². The summed E-state index contributed by atoms with van der Waals surface area (Å²) >= 11 is 0. The molecule has 10 heteroatoms. The lowest BCUT2D eigenvalue weighted by atomic mass is 9.97. The van der Waals surface area contributed by atoms with E-state index in [4.69, 9.17) is 20.4 Å². The first-order chi connectivity index (χ1) is 21.3. The molecule has 10 nitrogen and oxygen atoms in total. The molecule has 3 saturated heterocycles. The van der Waals surface area contributed by atoms with Crippen LogP contribution in [-0.4, -0.2) is 88.1 Å². The van der Waals surface area contributed by atoms with Crippen LogP contribution in [0.1, 0.15) is 38.5 Å². The van der Waals surface area contributed by atoms with Crippen LogP contribution in [-0.2, 0) is 9.59 Å². The Morgan fingerprint density at radius 2 is 1.77 bits per heavy atom. The second-order valence-electron chi connectivity index (χ2n) is 12.4. The summed E-state index contributed by atoms with van der Waals surface area (Å²) < 4.78 is 6.30. The molecular formula is C34H38N6O4. The first kappa shape index (κ1) is 28.3. The Morgan fingerprint density at radius 3 is 2.52 bits per heavy atom. The maximum Gasteiger partial charge on any atom is 0.319 e. The number of benzene rings is 3. The number of amides is 2. The number of nitrogens with two attached hydrogens (primary N) is 1. The molecule has 0 aliphatic carbocycles. The van der Waals surface area contributed by atoms with Crippen LogP contribution in [0.2, 0.25) is 0 Å². The number of piperazine rings is 1. The number of phenols is 1. The van der Waals surface area contributed by atoms with Crippen molar-refractivity contribution in [3.63, 3.8) is 0 Å². The Kier molecular flexibility index (Phi) is 7.45. The molecule has 3 aliphatic rings.